The van der Waals surface area contributed by atoms with Crippen molar-refractivity contribution in [3.05, 3.63) is 291 Å². The van der Waals surface area contributed by atoms with Crippen LogP contribution >= 0.6 is 0 Å². The van der Waals surface area contributed by atoms with Gasteiger partial charge in [-0.15, -0.1) is 0 Å². The molecule has 8 nitrogen and oxygen atoms in total. The van der Waals surface area contributed by atoms with E-state index in [0.29, 0.717) is 64.6 Å². The van der Waals surface area contributed by atoms with Crippen molar-refractivity contribution in [2.75, 3.05) is 0 Å². The first kappa shape index (κ1) is 57.9. The Bertz CT molecular complexity index is 6160. The van der Waals surface area contributed by atoms with Gasteiger partial charge in [-0.2, -0.15) is 0 Å². The molecule has 0 heterocycles. The number of rotatable bonds is 0. The normalized spacial score (nSPS) is 11.9. The van der Waals surface area contributed by atoms with Crippen LogP contribution in [0.3, 0.4) is 0 Å². The van der Waals surface area contributed by atoms with Crippen molar-refractivity contribution in [3.63, 3.8) is 0 Å². The van der Waals surface area contributed by atoms with Crippen LogP contribution in [0.5, 0.6) is 46.0 Å². The highest BCUT2D eigenvalue weighted by atomic mass is 16.3. The van der Waals surface area contributed by atoms with Gasteiger partial charge in [0, 0.05) is 55.2 Å². The highest BCUT2D eigenvalue weighted by Gasteiger charge is 2.21. The van der Waals surface area contributed by atoms with Gasteiger partial charge >= 0.3 is 0 Å². The van der Waals surface area contributed by atoms with Crippen molar-refractivity contribution in [2.45, 2.75) is 0 Å². The minimum Gasteiger partial charge on any atom is -0.508 e. The molecule has 0 radical (unpaired) electrons. The Kier molecular flexibility index (Phi) is 12.7. The van der Waals surface area contributed by atoms with Crippen LogP contribution in [0.25, 0.3) is 194 Å². The molecule has 20 bridgehead atoms. The van der Waals surface area contributed by atoms with Gasteiger partial charge in [-0.1, -0.05) is 194 Å². The van der Waals surface area contributed by atoms with E-state index in [4.69, 9.17) is 0 Å². The lowest BCUT2D eigenvalue weighted by atomic mass is 9.89. The first-order valence-electron chi connectivity index (χ1n) is 33.1. The van der Waals surface area contributed by atoms with Crippen molar-refractivity contribution in [2.24, 2.45) is 0 Å². The number of phenolic OH excluding ortho intramolecular Hbond substituents is 8. The van der Waals surface area contributed by atoms with Crippen molar-refractivity contribution >= 4 is 194 Å². The maximum atomic E-state index is 12.4. The molecule has 0 saturated heterocycles. The smallest absolute Gasteiger partial charge is 0.127 e. The van der Waals surface area contributed by atoms with Crippen LogP contribution in [0.15, 0.2) is 291 Å². The molecular weight excluding hydrogens is 1230 g/mol. The Labute approximate surface area is 568 Å². The molecule has 0 aliphatic carbocycles. The van der Waals surface area contributed by atoms with Crippen molar-refractivity contribution in [1.29, 1.82) is 0 Å². The van der Waals surface area contributed by atoms with Crippen LogP contribution in [0.1, 0.15) is 0 Å². The summed E-state index contributed by atoms with van der Waals surface area (Å²) < 4.78 is 0. The van der Waals surface area contributed by atoms with E-state index in [0.717, 1.165) is 129 Å². The molecule has 0 atom stereocenters. The second-order valence-corrected chi connectivity index (χ2v) is 26.2. The summed E-state index contributed by atoms with van der Waals surface area (Å²) in [4.78, 5) is 0. The molecule has 19 rings (SSSR count). The zero-order valence-electron chi connectivity index (χ0n) is 53.3. The molecule has 19 aromatic carbocycles. The maximum absolute atomic E-state index is 12.4. The second kappa shape index (κ2) is 22.0. The standard InChI is InChI=1S/C92H56O8/c93-57-37-49-33-53(41-57)85-61-17-1-9-25-69(61)89(70-26-10-2-18-62(70)85)77-45-78(82(98)47-81(77)97)90-71-27-11-3-19-63(71)87(64-20-4-12-28-72(64)90)55-35-51(39-59(95)43-55)52-36-56(44-60(96)40-52)88-67-23-7-15-31-75(67)92(76-32-16-8-24-68(76)88)80-46-79(83(99)48-84(80)100)91-73-29-13-5-21-65(73)86(66-22-6-14-30-74(66)91)54-34-50(49)38-58(94)42-54/h1-48,93-100H. The van der Waals surface area contributed by atoms with Gasteiger partial charge < -0.3 is 40.9 Å². The molecule has 0 spiro atoms. The van der Waals surface area contributed by atoms with E-state index >= 15 is 0 Å². The number of phenols is 8. The summed E-state index contributed by atoms with van der Waals surface area (Å²) in [5.41, 5.74) is 0. The minimum atomic E-state index is -0.124. The number of benzene rings is 18. The van der Waals surface area contributed by atoms with E-state index in [9.17, 15) is 40.9 Å². The lowest BCUT2D eigenvalue weighted by Gasteiger charge is -2.15. The molecule has 0 aliphatic rings. The summed E-state index contributed by atoms with van der Waals surface area (Å²) in [6.45, 7) is 0. The molecule has 0 saturated carbocycles. The predicted molar refractivity (Wildman–Crippen MR) is 417 cm³/mol. The van der Waals surface area contributed by atoms with Gasteiger partial charge in [-0.05, 0) is 236 Å². The molecule has 0 unspecified atom stereocenters. The number of aromatic hydroxyl groups is 8. The van der Waals surface area contributed by atoms with Crippen LogP contribution in [0, 0.1) is 0 Å². The molecule has 472 valence electrons. The first-order chi connectivity index (χ1) is 48.9. The Morgan fingerprint density at radius 1 is 0.120 bits per heavy atom. The highest BCUT2D eigenvalue weighted by Crippen LogP contribution is 2.50. The Balaban J connectivity index is 1.04. The monoisotopic (exact) mass is 1290 g/mol. The highest BCUT2D eigenvalue weighted by molar-refractivity contribution is 6.38. The SMILES string of the molecule is Oc1cc2cc(c1)c1c3ccccc3c(c3cc(c(O)cc3O)c3c4ccccc4c(c4cc(O)cc(c4)c4cc(O)cc(c4)c4c5ccccc5c(c5cc(c(O)cc5O)c5c6ccccc6c(c6cc(O)cc2c6)c2ccccc25)c2ccccc24)c2ccccc23)c2ccccc21. The summed E-state index contributed by atoms with van der Waals surface area (Å²) in [6, 6.07) is 93.0. The van der Waals surface area contributed by atoms with Crippen molar-refractivity contribution in [1.82, 2.24) is 0 Å². The molecule has 8 heteroatoms. The lowest BCUT2D eigenvalue weighted by Crippen LogP contribution is -1.87. The van der Waals surface area contributed by atoms with Gasteiger partial charge in [0.1, 0.15) is 46.0 Å². The molecule has 8 N–H and O–H groups in total. The van der Waals surface area contributed by atoms with E-state index < -0.39 is 0 Å². The van der Waals surface area contributed by atoms with Crippen LogP contribution < -0.4 is 0 Å². The molecule has 19 aromatic rings. The average molecular weight is 1290 g/mol. The summed E-state index contributed by atoms with van der Waals surface area (Å²) in [7, 11) is 0. The molecule has 100 heavy (non-hydrogen) atoms. The van der Waals surface area contributed by atoms with E-state index in [1.165, 1.54) is 12.1 Å². The van der Waals surface area contributed by atoms with Crippen molar-refractivity contribution < 1.29 is 40.9 Å². The quantitative estimate of drug-likeness (QED) is 0.0696. The molecule has 0 aromatic heterocycles. The van der Waals surface area contributed by atoms with E-state index in [-0.39, 0.29) is 46.0 Å². The molecule has 0 fully saturated rings. The Hall–Kier alpha value is -13.6. The molecule has 0 aliphatic heterocycles. The largest absolute Gasteiger partial charge is 0.508 e. The predicted octanol–water partition coefficient (Wildman–Crippen LogP) is 24.0. The average Bonchev–Trinajstić information content (AvgIpc) is 0.733. The topological polar surface area (TPSA) is 162 Å². The number of hydrogen-bond donors (Lipinski definition) is 8. The van der Waals surface area contributed by atoms with Gasteiger partial charge in [-0.3, -0.25) is 0 Å². The third-order valence-electron chi connectivity index (χ3n) is 20.5. The molecule has 0 amide bonds. The second-order valence-electron chi connectivity index (χ2n) is 26.2. The van der Waals surface area contributed by atoms with Gasteiger partial charge in [0.25, 0.3) is 0 Å². The van der Waals surface area contributed by atoms with Crippen LogP contribution in [-0.4, -0.2) is 40.9 Å². The van der Waals surface area contributed by atoms with Gasteiger partial charge in [0.2, 0.25) is 0 Å². The van der Waals surface area contributed by atoms with Crippen molar-refractivity contribution in [3.8, 4) is 46.0 Å². The zero-order valence-corrected chi connectivity index (χ0v) is 53.3. The van der Waals surface area contributed by atoms with Gasteiger partial charge in [0.05, 0.1) is 0 Å². The first-order valence-corrected chi connectivity index (χ1v) is 33.1. The Morgan fingerprint density at radius 3 is 0.420 bits per heavy atom. The van der Waals surface area contributed by atoms with Crippen LogP contribution in [0.4, 0.5) is 0 Å². The van der Waals surface area contributed by atoms with E-state index in [1.807, 2.05) is 182 Å². The summed E-state index contributed by atoms with van der Waals surface area (Å²) in [5, 5.41) is 125. The van der Waals surface area contributed by atoms with E-state index in [2.05, 4.69) is 48.5 Å². The van der Waals surface area contributed by atoms with Crippen LogP contribution in [0.2, 0.25) is 0 Å². The maximum Gasteiger partial charge on any atom is 0.127 e. The number of hydrogen-bond acceptors (Lipinski definition) is 8. The third-order valence-corrected chi connectivity index (χ3v) is 20.5. The minimum absolute atomic E-state index is 0.00806. The van der Waals surface area contributed by atoms with E-state index in [1.54, 1.807) is 48.5 Å². The third kappa shape index (κ3) is 8.80. The van der Waals surface area contributed by atoms with Gasteiger partial charge in [-0.25, -0.2) is 0 Å². The lowest BCUT2D eigenvalue weighted by molar-refractivity contribution is 0.457. The summed E-state index contributed by atoms with van der Waals surface area (Å²) in [6.07, 6.45) is 0. The fourth-order valence-corrected chi connectivity index (χ4v) is 16.6. The molecular formula is C92H56O8. The fourth-order valence-electron chi connectivity index (χ4n) is 16.6. The van der Waals surface area contributed by atoms with Gasteiger partial charge in [0.15, 0.2) is 0 Å². The number of fused-ring (bicyclic) bond motifs is 34. The fraction of sp³-hybridized carbons (Fsp3) is 0. The zero-order chi connectivity index (χ0) is 67.3. The van der Waals surface area contributed by atoms with Crippen LogP contribution in [-0.2, 0) is 0 Å². The summed E-state index contributed by atoms with van der Waals surface area (Å²) >= 11 is 0. The summed E-state index contributed by atoms with van der Waals surface area (Å²) in [5.74, 6) is -0.465. The Morgan fingerprint density at radius 2 is 0.260 bits per heavy atom.